The number of carboxylic acids is 1. The van der Waals surface area contributed by atoms with Crippen molar-refractivity contribution in [3.63, 3.8) is 0 Å². The number of carbonyl (C=O) groups is 3. The molecule has 0 radical (unpaired) electrons. The molecular weight excluding hydrogens is 432 g/mol. The van der Waals surface area contributed by atoms with Gasteiger partial charge in [-0.2, -0.15) is 0 Å². The second-order valence-corrected chi connectivity index (χ2v) is 8.31. The van der Waals surface area contributed by atoms with Crippen LogP contribution in [0.15, 0.2) is 72.8 Å². The standard InChI is InChI=1S/C27H26N2O5/c1-17(14-15-25(30)29-24-13-7-6-12-22(24)26(31)32)28-27(33)34-16-23-20-10-4-2-8-18(20)19-9-3-5-11-21(19)23/h2-13,17,23H,14-16H2,1H3,(H,28,33)(H,29,30)(H,31,32). The average Bonchev–Trinajstić information content (AvgIpc) is 3.15. The molecule has 34 heavy (non-hydrogen) atoms. The van der Waals surface area contributed by atoms with E-state index < -0.39 is 12.1 Å². The molecule has 174 valence electrons. The lowest BCUT2D eigenvalue weighted by Crippen LogP contribution is -2.34. The van der Waals surface area contributed by atoms with Crippen molar-refractivity contribution in [2.75, 3.05) is 11.9 Å². The Morgan fingerprint density at radius 1 is 0.912 bits per heavy atom. The first-order chi connectivity index (χ1) is 16.4. The Balaban J connectivity index is 1.27. The van der Waals surface area contributed by atoms with E-state index in [4.69, 9.17) is 4.74 Å². The minimum Gasteiger partial charge on any atom is -0.478 e. The van der Waals surface area contributed by atoms with Gasteiger partial charge >= 0.3 is 12.1 Å². The van der Waals surface area contributed by atoms with Crippen molar-refractivity contribution < 1.29 is 24.2 Å². The molecule has 1 unspecified atom stereocenters. The predicted octanol–water partition coefficient (Wildman–Crippen LogP) is 5.03. The van der Waals surface area contributed by atoms with Crippen molar-refractivity contribution in [1.29, 1.82) is 0 Å². The normalized spacial score (nSPS) is 12.9. The van der Waals surface area contributed by atoms with Crippen molar-refractivity contribution in [3.8, 4) is 11.1 Å². The summed E-state index contributed by atoms with van der Waals surface area (Å²) in [6.07, 6.45) is -0.0321. The van der Waals surface area contributed by atoms with E-state index in [-0.39, 0.29) is 42.1 Å². The van der Waals surface area contributed by atoms with Crippen LogP contribution >= 0.6 is 0 Å². The Bertz CT molecular complexity index is 1180. The minimum absolute atomic E-state index is 0.0199. The van der Waals surface area contributed by atoms with E-state index in [2.05, 4.69) is 34.9 Å². The molecule has 7 heteroatoms. The third-order valence-electron chi connectivity index (χ3n) is 5.94. The minimum atomic E-state index is -1.11. The number of para-hydroxylation sites is 1. The number of rotatable bonds is 8. The molecule has 3 aromatic rings. The van der Waals surface area contributed by atoms with Crippen LogP contribution in [0.5, 0.6) is 0 Å². The number of aromatic carboxylic acids is 1. The van der Waals surface area contributed by atoms with Crippen LogP contribution < -0.4 is 10.6 Å². The number of fused-ring (bicyclic) bond motifs is 3. The Morgan fingerprint density at radius 2 is 1.50 bits per heavy atom. The zero-order valence-electron chi connectivity index (χ0n) is 18.8. The van der Waals surface area contributed by atoms with E-state index in [1.807, 2.05) is 24.3 Å². The summed E-state index contributed by atoms with van der Waals surface area (Å²) in [5, 5.41) is 14.6. The van der Waals surface area contributed by atoms with Crippen LogP contribution in [-0.2, 0) is 9.53 Å². The summed E-state index contributed by atoms with van der Waals surface area (Å²) in [5.74, 6) is -1.45. The summed E-state index contributed by atoms with van der Waals surface area (Å²) in [4.78, 5) is 35.9. The molecule has 0 aromatic heterocycles. The highest BCUT2D eigenvalue weighted by Gasteiger charge is 2.29. The lowest BCUT2D eigenvalue weighted by Gasteiger charge is -2.17. The van der Waals surface area contributed by atoms with Crippen LogP contribution in [0.1, 0.15) is 47.2 Å². The molecule has 1 aliphatic rings. The monoisotopic (exact) mass is 458 g/mol. The number of carboxylic acid groups (broad SMARTS) is 1. The van der Waals surface area contributed by atoms with Gasteiger partial charge in [-0.15, -0.1) is 0 Å². The van der Waals surface area contributed by atoms with Gasteiger partial charge in [-0.1, -0.05) is 60.7 Å². The molecule has 3 aromatic carbocycles. The van der Waals surface area contributed by atoms with Gasteiger partial charge in [0.05, 0.1) is 11.3 Å². The number of hydrogen-bond acceptors (Lipinski definition) is 4. The number of benzene rings is 3. The number of alkyl carbamates (subject to hydrolysis) is 1. The van der Waals surface area contributed by atoms with Gasteiger partial charge in [0.2, 0.25) is 5.91 Å². The number of anilines is 1. The molecular formula is C27H26N2O5. The summed E-state index contributed by atoms with van der Waals surface area (Å²) in [7, 11) is 0. The molecule has 0 heterocycles. The lowest BCUT2D eigenvalue weighted by atomic mass is 9.98. The first kappa shape index (κ1) is 23.0. The quantitative estimate of drug-likeness (QED) is 0.439. The Kier molecular flexibility index (Phi) is 6.92. The van der Waals surface area contributed by atoms with Crippen molar-refractivity contribution >= 4 is 23.7 Å². The van der Waals surface area contributed by atoms with Crippen LogP contribution in [0.2, 0.25) is 0 Å². The van der Waals surface area contributed by atoms with Crippen molar-refractivity contribution in [2.24, 2.45) is 0 Å². The van der Waals surface area contributed by atoms with Gasteiger partial charge < -0.3 is 20.5 Å². The molecule has 0 bridgehead atoms. The summed E-state index contributed by atoms with van der Waals surface area (Å²) < 4.78 is 5.54. The lowest BCUT2D eigenvalue weighted by molar-refractivity contribution is -0.116. The fourth-order valence-corrected chi connectivity index (χ4v) is 4.25. The first-order valence-corrected chi connectivity index (χ1v) is 11.2. The number of nitrogens with one attached hydrogen (secondary N) is 2. The summed E-state index contributed by atoms with van der Waals surface area (Å²) in [6, 6.07) is 22.2. The number of hydrogen-bond donors (Lipinski definition) is 3. The second kappa shape index (κ2) is 10.2. The molecule has 0 aliphatic heterocycles. The molecule has 2 amide bonds. The van der Waals surface area contributed by atoms with Crippen LogP contribution in [0.3, 0.4) is 0 Å². The average molecular weight is 459 g/mol. The van der Waals surface area contributed by atoms with Gasteiger partial charge in [0, 0.05) is 18.4 Å². The van der Waals surface area contributed by atoms with Crippen molar-refractivity contribution in [3.05, 3.63) is 89.5 Å². The molecule has 0 fully saturated rings. The van der Waals surface area contributed by atoms with Gasteiger partial charge in [0.25, 0.3) is 0 Å². The van der Waals surface area contributed by atoms with E-state index in [0.717, 1.165) is 22.3 Å². The first-order valence-electron chi connectivity index (χ1n) is 11.2. The SMILES string of the molecule is CC(CCC(=O)Nc1ccccc1C(=O)O)NC(=O)OCC1c2ccccc2-c2ccccc21. The van der Waals surface area contributed by atoms with Gasteiger partial charge in [-0.25, -0.2) is 9.59 Å². The molecule has 0 saturated heterocycles. The molecule has 4 rings (SSSR count). The Morgan fingerprint density at radius 3 is 2.15 bits per heavy atom. The van der Waals surface area contributed by atoms with Gasteiger partial charge in [-0.3, -0.25) is 4.79 Å². The fourth-order valence-electron chi connectivity index (χ4n) is 4.25. The van der Waals surface area contributed by atoms with E-state index in [9.17, 15) is 19.5 Å². The highest BCUT2D eigenvalue weighted by atomic mass is 16.5. The number of carbonyl (C=O) groups excluding carboxylic acids is 2. The summed E-state index contributed by atoms with van der Waals surface area (Å²) in [6.45, 7) is 2.01. The van der Waals surface area contributed by atoms with Crippen LogP contribution in [0, 0.1) is 0 Å². The van der Waals surface area contributed by atoms with Gasteiger partial charge in [0.15, 0.2) is 0 Å². The van der Waals surface area contributed by atoms with Crippen LogP contribution in [0.25, 0.3) is 11.1 Å². The van der Waals surface area contributed by atoms with E-state index in [1.165, 1.54) is 6.07 Å². The van der Waals surface area contributed by atoms with E-state index in [1.54, 1.807) is 25.1 Å². The second-order valence-electron chi connectivity index (χ2n) is 8.31. The largest absolute Gasteiger partial charge is 0.478 e. The topological polar surface area (TPSA) is 105 Å². The maximum absolute atomic E-state index is 12.4. The third kappa shape index (κ3) is 5.09. The molecule has 0 spiro atoms. The van der Waals surface area contributed by atoms with E-state index in [0.29, 0.717) is 6.42 Å². The van der Waals surface area contributed by atoms with Crippen LogP contribution in [-0.4, -0.2) is 35.7 Å². The highest BCUT2D eigenvalue weighted by Crippen LogP contribution is 2.44. The van der Waals surface area contributed by atoms with Crippen molar-refractivity contribution in [2.45, 2.75) is 31.7 Å². The summed E-state index contributed by atoms with van der Waals surface area (Å²) >= 11 is 0. The Hall–Kier alpha value is -4.13. The molecule has 7 nitrogen and oxygen atoms in total. The molecule has 3 N–H and O–H groups in total. The van der Waals surface area contributed by atoms with Gasteiger partial charge in [0.1, 0.15) is 6.61 Å². The fraction of sp³-hybridized carbons (Fsp3) is 0.222. The van der Waals surface area contributed by atoms with Crippen LogP contribution in [0.4, 0.5) is 10.5 Å². The molecule has 0 saturated carbocycles. The van der Waals surface area contributed by atoms with E-state index >= 15 is 0 Å². The predicted molar refractivity (Wildman–Crippen MR) is 129 cm³/mol. The summed E-state index contributed by atoms with van der Waals surface area (Å²) in [5.41, 5.74) is 4.88. The number of amides is 2. The van der Waals surface area contributed by atoms with Gasteiger partial charge in [-0.05, 0) is 47.7 Å². The smallest absolute Gasteiger partial charge is 0.407 e. The zero-order chi connectivity index (χ0) is 24.1. The maximum atomic E-state index is 12.4. The molecule has 1 atom stereocenters. The number of ether oxygens (including phenoxy) is 1. The maximum Gasteiger partial charge on any atom is 0.407 e. The van der Waals surface area contributed by atoms with Crippen molar-refractivity contribution in [1.82, 2.24) is 5.32 Å². The molecule has 1 aliphatic carbocycles. The third-order valence-corrected chi connectivity index (χ3v) is 5.94. The zero-order valence-corrected chi connectivity index (χ0v) is 18.8. The Labute approximate surface area is 197 Å². The highest BCUT2D eigenvalue weighted by molar-refractivity contribution is 6.00.